The van der Waals surface area contributed by atoms with Crippen LogP contribution in [0.3, 0.4) is 0 Å². The molecule has 0 saturated heterocycles. The van der Waals surface area contributed by atoms with E-state index in [0.717, 1.165) is 40.9 Å². The summed E-state index contributed by atoms with van der Waals surface area (Å²) in [6.45, 7) is 0. The molecule has 0 amide bonds. The van der Waals surface area contributed by atoms with Crippen LogP contribution < -0.4 is 5.56 Å². The summed E-state index contributed by atoms with van der Waals surface area (Å²) in [5.74, 6) is -3.83. The Hall–Kier alpha value is -5.18. The molecule has 220 valence electrons. The number of aliphatic imine (C=N–C) groups is 1. The van der Waals surface area contributed by atoms with Gasteiger partial charge in [-0.05, 0) is 65.2 Å². The number of carboxylic acid groups (broad SMARTS) is 2. The van der Waals surface area contributed by atoms with Gasteiger partial charge in [-0.25, -0.2) is 14.6 Å². The van der Waals surface area contributed by atoms with Gasteiger partial charge in [0.2, 0.25) is 0 Å². The highest BCUT2D eigenvalue weighted by Crippen LogP contribution is 2.35. The Balaban J connectivity index is 0.000000472. The number of alkyl halides is 3. The van der Waals surface area contributed by atoms with E-state index in [9.17, 15) is 27.9 Å². The molecule has 6 rings (SSSR count). The number of hydrogen-bond donors (Lipinski definition) is 2. The van der Waals surface area contributed by atoms with E-state index >= 15 is 0 Å². The van der Waals surface area contributed by atoms with Gasteiger partial charge in [-0.1, -0.05) is 17.7 Å². The number of tetrazole rings is 1. The number of pyridine rings is 2. The molecule has 0 saturated carbocycles. The molecule has 5 heterocycles. The first-order valence-corrected chi connectivity index (χ1v) is 12.9. The second kappa shape index (κ2) is 11.6. The lowest BCUT2D eigenvalue weighted by Gasteiger charge is -2.17. The molecule has 0 spiro atoms. The number of hydrogen-bond acceptors (Lipinski definition) is 8. The zero-order valence-corrected chi connectivity index (χ0v) is 22.5. The van der Waals surface area contributed by atoms with E-state index in [2.05, 4.69) is 25.5 Å². The lowest BCUT2D eigenvalue weighted by Crippen LogP contribution is -2.27. The lowest BCUT2D eigenvalue weighted by molar-refractivity contribution is -0.192. The molecule has 0 fully saturated rings. The van der Waals surface area contributed by atoms with E-state index in [-0.39, 0.29) is 17.3 Å². The second-order valence-electron chi connectivity index (χ2n) is 9.38. The fraction of sp³-hybridized carbons (Fsp3) is 0.185. The third kappa shape index (κ3) is 6.21. The summed E-state index contributed by atoms with van der Waals surface area (Å²) in [5, 5.41) is 28.3. The van der Waals surface area contributed by atoms with Crippen molar-refractivity contribution in [3.05, 3.63) is 93.5 Å². The molecule has 2 aliphatic rings. The highest BCUT2D eigenvalue weighted by atomic mass is 35.5. The van der Waals surface area contributed by atoms with Gasteiger partial charge in [0.05, 0.1) is 17.4 Å². The van der Waals surface area contributed by atoms with Gasteiger partial charge >= 0.3 is 18.1 Å². The maximum atomic E-state index is 13.4. The smallest absolute Gasteiger partial charge is 0.477 e. The molecule has 1 atom stereocenters. The Morgan fingerprint density at radius 1 is 1.07 bits per heavy atom. The molecule has 2 N–H and O–H groups in total. The fourth-order valence-corrected chi connectivity index (χ4v) is 4.99. The van der Waals surface area contributed by atoms with Crippen LogP contribution in [0.5, 0.6) is 0 Å². The molecule has 0 aliphatic carbocycles. The van der Waals surface area contributed by atoms with Crippen molar-refractivity contribution < 1.29 is 33.0 Å². The summed E-state index contributed by atoms with van der Waals surface area (Å²) in [5.41, 5.74) is 5.24. The zero-order chi connectivity index (χ0) is 30.9. The van der Waals surface area contributed by atoms with Crippen molar-refractivity contribution in [1.29, 1.82) is 0 Å². The average molecular weight is 614 g/mol. The minimum Gasteiger partial charge on any atom is -0.477 e. The molecule has 43 heavy (non-hydrogen) atoms. The van der Waals surface area contributed by atoms with Gasteiger partial charge in [0.15, 0.2) is 0 Å². The molecular formula is C27H19ClF3N7O5. The Labute approximate surface area is 244 Å². The summed E-state index contributed by atoms with van der Waals surface area (Å²) < 4.78 is 35.1. The average Bonchev–Trinajstić information content (AvgIpc) is 3.74. The Bertz CT molecular complexity index is 1850. The molecule has 0 unspecified atom stereocenters. The predicted octanol–water partition coefficient (Wildman–Crippen LogP) is 4.24. The second-order valence-corrected chi connectivity index (χ2v) is 9.82. The summed E-state index contributed by atoms with van der Waals surface area (Å²) >= 11 is 6.28. The van der Waals surface area contributed by atoms with Crippen LogP contribution in [0.2, 0.25) is 5.02 Å². The van der Waals surface area contributed by atoms with Gasteiger partial charge in [-0.3, -0.25) is 9.79 Å². The standard InChI is InChI=1S/C25H18ClN7O3.C2HF3O2/c26-16-4-6-22(32-13-28-30-31-32)18(11-16)14-8-17-5-7-23(33(17)24(34)10-14)21-9-15(12-27-21)19-2-1-3-20(29-19)25(35)36;3-2(4,5)1(6)7/h1-4,6,8,10-13,23H,5,7,9H2,(H,35,36);(H,6,7)/t23-;/m0./s1. The number of benzene rings is 1. The van der Waals surface area contributed by atoms with Gasteiger partial charge in [0.25, 0.3) is 5.56 Å². The number of aromatic carboxylic acids is 1. The van der Waals surface area contributed by atoms with Crippen LogP contribution in [0.15, 0.2) is 70.8 Å². The predicted molar refractivity (Wildman–Crippen MR) is 146 cm³/mol. The number of rotatable bonds is 5. The van der Waals surface area contributed by atoms with Crippen LogP contribution in [0.4, 0.5) is 13.2 Å². The minimum absolute atomic E-state index is 0.0149. The van der Waals surface area contributed by atoms with E-state index in [0.29, 0.717) is 22.8 Å². The van der Waals surface area contributed by atoms with Crippen molar-refractivity contribution in [3.8, 4) is 16.8 Å². The first kappa shape index (κ1) is 29.3. The number of aryl methyl sites for hydroxylation is 1. The molecular weight excluding hydrogens is 595 g/mol. The number of fused-ring (bicyclic) bond motifs is 1. The van der Waals surface area contributed by atoms with Gasteiger partial charge in [0, 0.05) is 46.3 Å². The SMILES string of the molecule is O=C(O)C(F)(F)F.O=C(O)c1cccc(C2=CN=C([C@@H]3CCc4cc(-c5cc(Cl)ccc5-n5cnnn5)cc(=O)n43)C2)n1. The van der Waals surface area contributed by atoms with Gasteiger partial charge < -0.3 is 14.8 Å². The van der Waals surface area contributed by atoms with Crippen LogP contribution in [0.25, 0.3) is 22.4 Å². The molecule has 0 radical (unpaired) electrons. The Morgan fingerprint density at radius 2 is 1.84 bits per heavy atom. The van der Waals surface area contributed by atoms with Gasteiger partial charge in [-0.15, -0.1) is 5.10 Å². The quantitative estimate of drug-likeness (QED) is 0.335. The van der Waals surface area contributed by atoms with Crippen LogP contribution in [-0.4, -0.2) is 63.8 Å². The normalized spacial score (nSPS) is 15.7. The van der Waals surface area contributed by atoms with Crippen LogP contribution in [0, 0.1) is 0 Å². The number of allylic oxidation sites excluding steroid dienone is 1. The Kier molecular flexibility index (Phi) is 7.91. The molecule has 3 aromatic heterocycles. The number of aromatic nitrogens is 6. The maximum absolute atomic E-state index is 13.4. The summed E-state index contributed by atoms with van der Waals surface area (Å²) in [6, 6.07) is 13.7. The van der Waals surface area contributed by atoms with Crippen molar-refractivity contribution in [1.82, 2.24) is 29.8 Å². The van der Waals surface area contributed by atoms with E-state index in [1.54, 1.807) is 41.1 Å². The van der Waals surface area contributed by atoms with Crippen molar-refractivity contribution >= 4 is 34.8 Å². The number of aliphatic carboxylic acids is 1. The largest absolute Gasteiger partial charge is 0.490 e. The topological polar surface area (TPSA) is 165 Å². The lowest BCUT2D eigenvalue weighted by atomic mass is 10.0. The first-order valence-electron chi connectivity index (χ1n) is 12.5. The molecule has 16 heteroatoms. The van der Waals surface area contributed by atoms with E-state index < -0.39 is 18.1 Å². The van der Waals surface area contributed by atoms with Gasteiger partial charge in [0.1, 0.15) is 12.0 Å². The first-order chi connectivity index (χ1) is 20.4. The monoisotopic (exact) mass is 613 g/mol. The zero-order valence-electron chi connectivity index (χ0n) is 21.7. The van der Waals surface area contributed by atoms with Crippen molar-refractivity contribution in [2.75, 3.05) is 0 Å². The number of halogens is 4. The van der Waals surface area contributed by atoms with E-state index in [1.165, 1.54) is 17.1 Å². The van der Waals surface area contributed by atoms with Crippen molar-refractivity contribution in [3.63, 3.8) is 0 Å². The summed E-state index contributed by atoms with van der Waals surface area (Å²) in [7, 11) is 0. The fourth-order valence-electron chi connectivity index (χ4n) is 4.82. The minimum atomic E-state index is -5.08. The molecule has 1 aromatic carbocycles. The van der Waals surface area contributed by atoms with Crippen LogP contribution in [0.1, 0.15) is 40.8 Å². The van der Waals surface area contributed by atoms with Gasteiger partial charge in [-0.2, -0.15) is 17.9 Å². The van der Waals surface area contributed by atoms with E-state index in [1.807, 2.05) is 12.1 Å². The summed E-state index contributed by atoms with van der Waals surface area (Å²) in [4.78, 5) is 42.4. The maximum Gasteiger partial charge on any atom is 0.490 e. The highest BCUT2D eigenvalue weighted by molar-refractivity contribution is 6.31. The molecule has 4 aromatic rings. The number of carbonyl (C=O) groups is 2. The van der Waals surface area contributed by atoms with Crippen LogP contribution in [-0.2, 0) is 11.2 Å². The molecule has 2 aliphatic heterocycles. The third-order valence-electron chi connectivity index (χ3n) is 6.68. The molecule has 0 bridgehead atoms. The van der Waals surface area contributed by atoms with Crippen molar-refractivity contribution in [2.45, 2.75) is 31.5 Å². The molecule has 12 nitrogen and oxygen atoms in total. The highest BCUT2D eigenvalue weighted by Gasteiger charge is 2.38. The summed E-state index contributed by atoms with van der Waals surface area (Å²) in [6.07, 6.45) is 0.0936. The third-order valence-corrected chi connectivity index (χ3v) is 6.92. The van der Waals surface area contributed by atoms with Crippen LogP contribution >= 0.6 is 11.6 Å². The Morgan fingerprint density at radius 3 is 2.51 bits per heavy atom. The number of nitrogens with zero attached hydrogens (tertiary/aromatic N) is 7. The van der Waals surface area contributed by atoms with E-state index in [4.69, 9.17) is 21.5 Å². The number of carboxylic acids is 2. The van der Waals surface area contributed by atoms with Crippen molar-refractivity contribution in [2.24, 2.45) is 4.99 Å².